The molecule has 8 aromatic carbocycles. The second-order valence-corrected chi connectivity index (χ2v) is 19.3. The van der Waals surface area contributed by atoms with Gasteiger partial charge in [0.25, 0.3) is 22.8 Å². The number of carbonyl (C=O) groups is 4. The lowest BCUT2D eigenvalue weighted by atomic mass is 9.94. The van der Waals surface area contributed by atoms with E-state index in [1.54, 1.807) is 48.5 Å². The van der Waals surface area contributed by atoms with E-state index in [2.05, 4.69) is 92.7 Å². The summed E-state index contributed by atoms with van der Waals surface area (Å²) in [5.41, 5.74) is 13.6. The average molecular weight is 1110 g/mol. The van der Waals surface area contributed by atoms with Gasteiger partial charge in [0.1, 0.15) is 0 Å². The van der Waals surface area contributed by atoms with Crippen LogP contribution in [0.25, 0.3) is 79.1 Å². The highest BCUT2D eigenvalue weighted by Gasteiger charge is 2.16. The molecule has 0 aromatic heterocycles. The zero-order valence-electron chi connectivity index (χ0n) is 45.7. The number of hydrogen-bond acceptors (Lipinski definition) is 5. The molecule has 0 aliphatic carbocycles. The van der Waals surface area contributed by atoms with Gasteiger partial charge in [-0.05, 0) is 165 Å². The van der Waals surface area contributed by atoms with Crippen molar-refractivity contribution in [3.05, 3.63) is 334 Å². The molecule has 0 unspecified atom stereocenters. The van der Waals surface area contributed by atoms with Gasteiger partial charge in [0, 0.05) is 17.1 Å². The lowest BCUT2D eigenvalue weighted by molar-refractivity contribution is -0.133. The Hall–Kier alpha value is -12.4. The van der Waals surface area contributed by atoms with Gasteiger partial charge in [0.2, 0.25) is 0 Å². The largest absolute Gasteiger partial charge is 0.486 e. The van der Waals surface area contributed by atoms with E-state index < -0.39 is 46.7 Å². The molecule has 0 aliphatic rings. The van der Waals surface area contributed by atoms with Crippen LogP contribution in [0.3, 0.4) is 0 Å². The highest BCUT2D eigenvalue weighted by Crippen LogP contribution is 2.37. The van der Waals surface area contributed by atoms with Crippen molar-refractivity contribution >= 4 is 101 Å². The van der Waals surface area contributed by atoms with Crippen molar-refractivity contribution in [2.75, 3.05) is 4.90 Å². The third-order valence-electron chi connectivity index (χ3n) is 13.2. The van der Waals surface area contributed by atoms with Gasteiger partial charge >= 0.3 is 23.9 Å². The number of rotatable bonds is 19. The van der Waals surface area contributed by atoms with Crippen LogP contribution < -0.4 is 4.90 Å². The second kappa shape index (κ2) is 27.2. The van der Waals surface area contributed by atoms with E-state index in [1.165, 1.54) is 35.4 Å². The molecule has 4 N–H and O–H groups in total. The number of anilines is 3. The summed E-state index contributed by atoms with van der Waals surface area (Å²) >= 11 is 0. The summed E-state index contributed by atoms with van der Waals surface area (Å²) in [6, 6.07) is 59.0. The molecule has 0 saturated carbocycles. The molecule has 85 heavy (non-hydrogen) atoms. The van der Waals surface area contributed by atoms with E-state index in [-0.39, 0.29) is 0 Å². The van der Waals surface area contributed by atoms with E-state index in [0.717, 1.165) is 72.7 Å². The van der Waals surface area contributed by atoms with E-state index in [1.807, 2.05) is 109 Å². The van der Waals surface area contributed by atoms with Crippen LogP contribution >= 0.6 is 0 Å². The topological polar surface area (TPSA) is 170 Å². The highest BCUT2D eigenvalue weighted by atomic mass is 16.4. The quantitative estimate of drug-likeness (QED) is 0.0350. The Kier molecular flexibility index (Phi) is 18.8. The molecule has 0 spiro atoms. The third kappa shape index (κ3) is 15.3. The van der Waals surface area contributed by atoms with Crippen molar-refractivity contribution in [1.82, 2.24) is 0 Å². The smallest absolute Gasteiger partial charge is 0.333 e. The summed E-state index contributed by atoms with van der Waals surface area (Å²) in [5, 5.41) is 37.9. The van der Waals surface area contributed by atoms with Gasteiger partial charge in [0.15, 0.2) is 0 Å². The van der Waals surface area contributed by atoms with Crippen molar-refractivity contribution in [3.8, 4) is 0 Å². The fraction of sp³-hybridized carbons (Fsp3) is 0.0278. The molecule has 0 fully saturated rings. The number of nitrogens with zero attached hydrogens (tertiary/aromatic N) is 5. The van der Waals surface area contributed by atoms with Crippen LogP contribution in [0.1, 0.15) is 77.9 Å². The first kappa shape index (κ1) is 58.7. The van der Waals surface area contributed by atoms with Crippen LogP contribution in [0.15, 0.2) is 211 Å². The molecular formula is C72H49N5O8. The monoisotopic (exact) mass is 1110 g/mol. The second-order valence-electron chi connectivity index (χ2n) is 19.3. The molecule has 0 radical (unpaired) electrons. The number of benzene rings is 8. The Bertz CT molecular complexity index is 3870. The molecule has 0 aliphatic heterocycles. The Balaban J connectivity index is 1.20. The summed E-state index contributed by atoms with van der Waals surface area (Å²) in [7, 11) is 0. The predicted octanol–water partition coefficient (Wildman–Crippen LogP) is 16.5. The maximum absolute atomic E-state index is 11.6. The van der Waals surface area contributed by atoms with Crippen molar-refractivity contribution in [3.63, 3.8) is 0 Å². The molecule has 8 aromatic rings. The van der Waals surface area contributed by atoms with Crippen LogP contribution in [-0.2, 0) is 19.2 Å². The van der Waals surface area contributed by atoms with Gasteiger partial charge in [-0.2, -0.15) is 0 Å². The summed E-state index contributed by atoms with van der Waals surface area (Å²) in [6.07, 6.45) is 13.4. The fourth-order valence-corrected chi connectivity index (χ4v) is 9.15. The van der Waals surface area contributed by atoms with Crippen molar-refractivity contribution in [1.29, 1.82) is 0 Å². The Morgan fingerprint density at radius 3 is 0.788 bits per heavy atom. The summed E-state index contributed by atoms with van der Waals surface area (Å²) in [4.78, 5) is 61.1. The lowest BCUT2D eigenvalue weighted by Gasteiger charge is -2.26. The summed E-state index contributed by atoms with van der Waals surface area (Å²) < 4.78 is 0. The van der Waals surface area contributed by atoms with Gasteiger partial charge in [-0.15, -0.1) is 0 Å². The van der Waals surface area contributed by atoms with Gasteiger partial charge in [-0.25, -0.2) is 19.4 Å². The SMILES string of the molecule is [C-]#[N+]C(=Cc1ccc(C(=Cc2ccc(N(c3ccc(C=Cc4cc(C)cc(C)c4)cc3)c3ccc(C=C(c4ccc(C=C([N+]#[C-])C(=O)O)cc4)c4ccc(C=C([N+]#[C-])C(=O)O)cc4)cc3)cc2)c2ccc(C=C([N+]#[C-])C(=O)O)cc2)cc1)C(=O)O. The number of aliphatic carboxylic acids is 4. The third-order valence-corrected chi connectivity index (χ3v) is 13.2. The first-order valence-electron chi connectivity index (χ1n) is 26.0. The fourth-order valence-electron chi connectivity index (χ4n) is 9.15. The molecule has 8 rings (SSSR count). The Morgan fingerprint density at radius 1 is 0.318 bits per heavy atom. The zero-order valence-corrected chi connectivity index (χ0v) is 45.7. The molecule has 0 atom stereocenters. The standard InChI is InChI=1S/C72H49N5O8/c1-46-37-47(2)39-55(38-46)8-7-48-17-31-60(32-18-48)77(61-33-19-49(20-34-61)40-63(56-23-9-51(10-24-56)42-65(73-3)69(78)79)57-25-11-52(12-26-57)43-66(74-4)70(80)81)62-35-21-50(22-36-62)41-64(58-27-13-53(14-28-58)44-67(75-5)71(82)83)59-29-15-54(16-30-59)45-68(76-6)72(84)85/h7-45H,1-2H3,(H,78,79)(H,80,81)(H,82,83)(H,84,85). The highest BCUT2D eigenvalue weighted by molar-refractivity contribution is 5.98. The first-order valence-corrected chi connectivity index (χ1v) is 26.0. The molecule has 0 amide bonds. The predicted molar refractivity (Wildman–Crippen MR) is 335 cm³/mol. The molecule has 0 heterocycles. The van der Waals surface area contributed by atoms with E-state index >= 15 is 0 Å². The molecule has 13 nitrogen and oxygen atoms in total. The van der Waals surface area contributed by atoms with E-state index in [4.69, 9.17) is 26.3 Å². The molecule has 0 saturated heterocycles. The van der Waals surface area contributed by atoms with Gasteiger partial charge in [0.05, 0.1) is 26.3 Å². The van der Waals surface area contributed by atoms with E-state index in [9.17, 15) is 39.6 Å². The van der Waals surface area contributed by atoms with Crippen molar-refractivity contribution < 1.29 is 39.6 Å². The average Bonchev–Trinajstić information content (AvgIpc) is 3.37. The summed E-state index contributed by atoms with van der Waals surface area (Å²) in [5.74, 6) is -5.34. The Morgan fingerprint density at radius 2 is 0.541 bits per heavy atom. The lowest BCUT2D eigenvalue weighted by Crippen LogP contribution is -2.09. The normalized spacial score (nSPS) is 11.5. The number of carboxylic acids is 4. The van der Waals surface area contributed by atoms with Gasteiger partial charge < -0.3 is 25.3 Å². The van der Waals surface area contributed by atoms with Gasteiger partial charge in [-0.3, -0.25) is 19.2 Å². The van der Waals surface area contributed by atoms with Crippen molar-refractivity contribution in [2.45, 2.75) is 13.8 Å². The van der Waals surface area contributed by atoms with Crippen LogP contribution in [0.4, 0.5) is 17.1 Å². The van der Waals surface area contributed by atoms with Crippen LogP contribution in [0.2, 0.25) is 0 Å². The number of carboxylic acid groups (broad SMARTS) is 4. The van der Waals surface area contributed by atoms with Crippen LogP contribution in [0, 0.1) is 40.1 Å². The first-order chi connectivity index (χ1) is 41.0. The number of aryl methyl sites for hydroxylation is 2. The molecule has 0 bridgehead atoms. The van der Waals surface area contributed by atoms with Crippen LogP contribution in [0.5, 0.6) is 0 Å². The van der Waals surface area contributed by atoms with Crippen molar-refractivity contribution in [2.24, 2.45) is 0 Å². The molecule has 410 valence electrons. The minimum absolute atomic E-state index is 0.428. The van der Waals surface area contributed by atoms with E-state index in [0.29, 0.717) is 22.3 Å². The zero-order chi connectivity index (χ0) is 60.6. The summed E-state index contributed by atoms with van der Waals surface area (Å²) in [6.45, 7) is 33.4. The van der Waals surface area contributed by atoms with Crippen LogP contribution in [-0.4, -0.2) is 44.3 Å². The molecule has 13 heteroatoms. The minimum Gasteiger partial charge on any atom is -0.486 e. The van der Waals surface area contributed by atoms with Gasteiger partial charge in [-0.1, -0.05) is 175 Å². The maximum atomic E-state index is 11.6. The molecular weight excluding hydrogens is 1060 g/mol. The number of hydrogen-bond donors (Lipinski definition) is 4. The maximum Gasteiger partial charge on any atom is 0.333 e. The Labute approximate surface area is 491 Å². The minimum atomic E-state index is -1.33.